The van der Waals surface area contributed by atoms with Gasteiger partial charge in [0.15, 0.2) is 0 Å². The van der Waals surface area contributed by atoms with Crippen molar-refractivity contribution in [2.45, 2.75) is 51.7 Å². The second kappa shape index (κ2) is 7.76. The van der Waals surface area contributed by atoms with Gasteiger partial charge in [-0.15, -0.1) is 0 Å². The van der Waals surface area contributed by atoms with E-state index in [0.717, 1.165) is 25.7 Å². The number of carbonyl (C=O) groups excluding carboxylic acids is 1. The molecule has 14 heavy (non-hydrogen) atoms. The summed E-state index contributed by atoms with van der Waals surface area (Å²) < 4.78 is 0. The highest BCUT2D eigenvalue weighted by molar-refractivity contribution is 5.78. The number of rotatable bonds is 8. The van der Waals surface area contributed by atoms with Crippen molar-refractivity contribution < 1.29 is 9.90 Å². The SMILES string of the molecule is CCCCC(CC)NCC(O)C(N)=O. The molecule has 0 aliphatic rings. The quantitative estimate of drug-likeness (QED) is 0.533. The van der Waals surface area contributed by atoms with Crippen LogP contribution in [0.25, 0.3) is 0 Å². The molecule has 0 aromatic rings. The molecule has 0 heterocycles. The third-order valence-electron chi connectivity index (χ3n) is 2.33. The van der Waals surface area contributed by atoms with Crippen molar-refractivity contribution in [1.82, 2.24) is 5.32 Å². The van der Waals surface area contributed by atoms with Crippen molar-refractivity contribution in [3.63, 3.8) is 0 Å². The Kier molecular flexibility index (Phi) is 7.42. The first-order valence-electron chi connectivity index (χ1n) is 5.32. The summed E-state index contributed by atoms with van der Waals surface area (Å²) in [4.78, 5) is 10.5. The van der Waals surface area contributed by atoms with Gasteiger partial charge in [-0.3, -0.25) is 4.79 Å². The number of aliphatic hydroxyl groups excluding tert-OH is 1. The van der Waals surface area contributed by atoms with Crippen molar-refractivity contribution in [2.24, 2.45) is 5.73 Å². The zero-order valence-corrected chi connectivity index (χ0v) is 9.12. The molecule has 0 rings (SSSR count). The smallest absolute Gasteiger partial charge is 0.247 e. The lowest BCUT2D eigenvalue weighted by Crippen LogP contribution is -2.41. The number of hydrogen-bond donors (Lipinski definition) is 3. The van der Waals surface area contributed by atoms with Crippen LogP contribution < -0.4 is 11.1 Å². The molecule has 0 aliphatic carbocycles. The minimum absolute atomic E-state index is 0.261. The van der Waals surface area contributed by atoms with E-state index in [1.807, 2.05) is 0 Å². The molecule has 0 aromatic carbocycles. The van der Waals surface area contributed by atoms with Crippen molar-refractivity contribution >= 4 is 5.91 Å². The fourth-order valence-corrected chi connectivity index (χ4v) is 1.28. The first-order chi connectivity index (χ1) is 6.61. The molecule has 0 bridgehead atoms. The van der Waals surface area contributed by atoms with Gasteiger partial charge in [-0.05, 0) is 12.8 Å². The van der Waals surface area contributed by atoms with E-state index in [9.17, 15) is 4.79 Å². The van der Waals surface area contributed by atoms with Gasteiger partial charge in [0.25, 0.3) is 0 Å². The van der Waals surface area contributed by atoms with Gasteiger partial charge in [0.2, 0.25) is 5.91 Å². The third kappa shape index (κ3) is 5.94. The maximum Gasteiger partial charge on any atom is 0.247 e. The normalized spacial score (nSPS) is 15.1. The molecule has 2 unspecified atom stereocenters. The number of amides is 1. The summed E-state index contributed by atoms with van der Waals surface area (Å²) in [6.45, 7) is 4.49. The molecule has 0 aromatic heterocycles. The van der Waals surface area contributed by atoms with E-state index >= 15 is 0 Å². The van der Waals surface area contributed by atoms with Gasteiger partial charge in [-0.2, -0.15) is 0 Å². The Morgan fingerprint density at radius 2 is 2.14 bits per heavy atom. The number of hydrogen-bond acceptors (Lipinski definition) is 3. The van der Waals surface area contributed by atoms with Crippen LogP contribution >= 0.6 is 0 Å². The highest BCUT2D eigenvalue weighted by atomic mass is 16.3. The molecule has 4 nitrogen and oxygen atoms in total. The Morgan fingerprint density at radius 1 is 1.50 bits per heavy atom. The number of aliphatic hydroxyl groups is 1. The van der Waals surface area contributed by atoms with E-state index in [4.69, 9.17) is 10.8 Å². The highest BCUT2D eigenvalue weighted by Gasteiger charge is 2.12. The van der Waals surface area contributed by atoms with Crippen molar-refractivity contribution in [3.05, 3.63) is 0 Å². The van der Waals surface area contributed by atoms with Crippen LogP contribution in [-0.4, -0.2) is 29.7 Å². The standard InChI is InChI=1S/C10H22N2O2/c1-3-5-6-8(4-2)12-7-9(13)10(11)14/h8-9,12-13H,3-7H2,1-2H3,(H2,11,14). The minimum atomic E-state index is -1.06. The Labute approximate surface area is 85.9 Å². The summed E-state index contributed by atoms with van der Waals surface area (Å²) in [5.41, 5.74) is 4.93. The molecular weight excluding hydrogens is 180 g/mol. The Bertz CT molecular complexity index is 162. The predicted octanol–water partition coefficient (Wildman–Crippen LogP) is 0.391. The van der Waals surface area contributed by atoms with Crippen LogP contribution in [0.1, 0.15) is 39.5 Å². The van der Waals surface area contributed by atoms with E-state index in [1.165, 1.54) is 0 Å². The first-order valence-corrected chi connectivity index (χ1v) is 5.32. The molecule has 0 saturated carbocycles. The summed E-state index contributed by atoms with van der Waals surface area (Å²) in [6, 6.07) is 0.379. The lowest BCUT2D eigenvalue weighted by Gasteiger charge is -2.17. The van der Waals surface area contributed by atoms with E-state index in [-0.39, 0.29) is 6.54 Å². The zero-order valence-electron chi connectivity index (χ0n) is 9.12. The lowest BCUT2D eigenvalue weighted by molar-refractivity contribution is -0.125. The van der Waals surface area contributed by atoms with Crippen LogP contribution in [0, 0.1) is 0 Å². The van der Waals surface area contributed by atoms with Gasteiger partial charge in [0.1, 0.15) is 6.10 Å². The fourth-order valence-electron chi connectivity index (χ4n) is 1.28. The highest BCUT2D eigenvalue weighted by Crippen LogP contribution is 2.03. The minimum Gasteiger partial charge on any atom is -0.382 e. The number of unbranched alkanes of at least 4 members (excludes halogenated alkanes) is 1. The molecule has 0 fully saturated rings. The molecular formula is C10H22N2O2. The van der Waals surface area contributed by atoms with Crippen LogP contribution in [-0.2, 0) is 4.79 Å². The molecule has 2 atom stereocenters. The summed E-state index contributed by atoms with van der Waals surface area (Å²) in [5, 5.41) is 12.3. The Morgan fingerprint density at radius 3 is 2.57 bits per heavy atom. The topological polar surface area (TPSA) is 75.3 Å². The molecule has 84 valence electrons. The monoisotopic (exact) mass is 202 g/mol. The van der Waals surface area contributed by atoms with Gasteiger partial charge in [0.05, 0.1) is 0 Å². The van der Waals surface area contributed by atoms with Gasteiger partial charge in [-0.25, -0.2) is 0 Å². The van der Waals surface area contributed by atoms with E-state index in [1.54, 1.807) is 0 Å². The molecule has 0 spiro atoms. The lowest BCUT2D eigenvalue weighted by atomic mass is 10.1. The first kappa shape index (κ1) is 13.4. The van der Waals surface area contributed by atoms with E-state index in [0.29, 0.717) is 6.04 Å². The van der Waals surface area contributed by atoms with Crippen LogP contribution in [0.15, 0.2) is 0 Å². The Hall–Kier alpha value is -0.610. The van der Waals surface area contributed by atoms with Crippen molar-refractivity contribution in [1.29, 1.82) is 0 Å². The van der Waals surface area contributed by atoms with Crippen LogP contribution in [0.4, 0.5) is 0 Å². The average Bonchev–Trinajstić information content (AvgIpc) is 2.17. The third-order valence-corrected chi connectivity index (χ3v) is 2.33. The summed E-state index contributed by atoms with van der Waals surface area (Å²) in [5.74, 6) is -0.664. The van der Waals surface area contributed by atoms with Crippen LogP contribution in [0.2, 0.25) is 0 Å². The maximum absolute atomic E-state index is 10.5. The number of carbonyl (C=O) groups is 1. The number of nitrogens with two attached hydrogens (primary N) is 1. The second-order valence-electron chi connectivity index (χ2n) is 3.57. The zero-order chi connectivity index (χ0) is 11.0. The molecule has 4 N–H and O–H groups in total. The molecule has 1 amide bonds. The summed E-state index contributed by atoms with van der Waals surface area (Å²) in [6.07, 6.45) is 3.35. The maximum atomic E-state index is 10.5. The predicted molar refractivity (Wildman–Crippen MR) is 56.8 cm³/mol. The molecule has 0 radical (unpaired) electrons. The largest absolute Gasteiger partial charge is 0.382 e. The second-order valence-corrected chi connectivity index (χ2v) is 3.57. The Balaban J connectivity index is 3.66. The summed E-state index contributed by atoms with van der Waals surface area (Å²) >= 11 is 0. The number of nitrogens with one attached hydrogen (secondary N) is 1. The summed E-state index contributed by atoms with van der Waals surface area (Å²) in [7, 11) is 0. The number of primary amides is 1. The van der Waals surface area contributed by atoms with Crippen LogP contribution in [0.3, 0.4) is 0 Å². The van der Waals surface area contributed by atoms with Crippen molar-refractivity contribution in [2.75, 3.05) is 6.54 Å². The molecule has 0 saturated heterocycles. The van der Waals surface area contributed by atoms with Crippen LogP contribution in [0.5, 0.6) is 0 Å². The van der Waals surface area contributed by atoms with E-state index in [2.05, 4.69) is 19.2 Å². The average molecular weight is 202 g/mol. The van der Waals surface area contributed by atoms with Gasteiger partial charge in [-0.1, -0.05) is 26.7 Å². The van der Waals surface area contributed by atoms with E-state index < -0.39 is 12.0 Å². The van der Waals surface area contributed by atoms with Gasteiger partial charge >= 0.3 is 0 Å². The van der Waals surface area contributed by atoms with Crippen molar-refractivity contribution in [3.8, 4) is 0 Å². The van der Waals surface area contributed by atoms with Gasteiger partial charge < -0.3 is 16.2 Å². The molecule has 4 heteroatoms. The van der Waals surface area contributed by atoms with Gasteiger partial charge in [0, 0.05) is 12.6 Å². The molecule has 0 aliphatic heterocycles. The fraction of sp³-hybridized carbons (Fsp3) is 0.900.